The molecule has 0 bridgehead atoms. The molecule has 0 aliphatic carbocycles. The van der Waals surface area contributed by atoms with Crippen molar-refractivity contribution in [1.82, 2.24) is 4.31 Å². The van der Waals surface area contributed by atoms with Gasteiger partial charge in [0.1, 0.15) is 11.8 Å². The second-order valence-corrected chi connectivity index (χ2v) is 8.63. The van der Waals surface area contributed by atoms with Crippen LogP contribution in [0.5, 0.6) is 5.75 Å². The average Bonchev–Trinajstić information content (AvgIpc) is 2.95. The highest BCUT2D eigenvalue weighted by molar-refractivity contribution is 7.89. The van der Waals surface area contributed by atoms with E-state index in [1.165, 1.54) is 33.3 Å². The van der Waals surface area contributed by atoms with Crippen molar-refractivity contribution in [3.63, 3.8) is 0 Å². The highest BCUT2D eigenvalue weighted by Gasteiger charge is 2.39. The molecule has 0 unspecified atom stereocenters. The summed E-state index contributed by atoms with van der Waals surface area (Å²) in [6, 6.07) is 12.0. The number of ether oxygens (including phenoxy) is 1. The molecule has 3 rings (SSSR count). The molecule has 0 saturated carbocycles. The summed E-state index contributed by atoms with van der Waals surface area (Å²) < 4.78 is 30.8. The van der Waals surface area contributed by atoms with Crippen molar-refractivity contribution in [3.8, 4) is 5.75 Å². The fraction of sp³-hybridized carbons (Fsp3) is 0.263. The van der Waals surface area contributed by atoms with E-state index in [2.05, 4.69) is 5.32 Å². The van der Waals surface area contributed by atoms with Gasteiger partial charge in [-0.2, -0.15) is 0 Å². The maximum atomic E-state index is 12.8. The molecule has 2 aromatic carbocycles. The number of benzene rings is 2. The molecule has 2 aromatic rings. The SMILES string of the molecule is COc1ccc(N2C(=O)C[C@H](Nc3cccc(S(=O)(=O)N(C)C)c3)C2=O)cc1. The van der Waals surface area contributed by atoms with Gasteiger partial charge < -0.3 is 10.1 Å². The summed E-state index contributed by atoms with van der Waals surface area (Å²) in [5.41, 5.74) is 0.912. The third-order valence-corrected chi connectivity index (χ3v) is 6.24. The maximum absolute atomic E-state index is 12.8. The number of carbonyl (C=O) groups excluding carboxylic acids is 2. The van der Waals surface area contributed by atoms with Gasteiger partial charge in [-0.25, -0.2) is 17.6 Å². The molecule has 0 aromatic heterocycles. The molecule has 1 N–H and O–H groups in total. The van der Waals surface area contributed by atoms with Gasteiger partial charge in [-0.3, -0.25) is 9.59 Å². The second-order valence-electron chi connectivity index (χ2n) is 6.48. The molecule has 1 aliphatic rings. The number of hydrogen-bond acceptors (Lipinski definition) is 6. The van der Waals surface area contributed by atoms with Gasteiger partial charge >= 0.3 is 0 Å². The highest BCUT2D eigenvalue weighted by atomic mass is 32.2. The van der Waals surface area contributed by atoms with Gasteiger partial charge in [-0.05, 0) is 42.5 Å². The van der Waals surface area contributed by atoms with Gasteiger partial charge in [0.15, 0.2) is 0 Å². The van der Waals surface area contributed by atoms with Crippen LogP contribution in [0.25, 0.3) is 0 Å². The number of carbonyl (C=O) groups is 2. The summed E-state index contributed by atoms with van der Waals surface area (Å²) in [6.07, 6.45) is -0.0183. The number of amides is 2. The second kappa shape index (κ2) is 7.61. The molecular formula is C19H21N3O5S. The molecule has 2 amide bonds. The lowest BCUT2D eigenvalue weighted by atomic mass is 10.2. The van der Waals surface area contributed by atoms with E-state index in [1.54, 1.807) is 36.4 Å². The minimum Gasteiger partial charge on any atom is -0.497 e. The van der Waals surface area contributed by atoms with Crippen LogP contribution in [0.15, 0.2) is 53.4 Å². The van der Waals surface area contributed by atoms with Crippen LogP contribution in [-0.2, 0) is 19.6 Å². The van der Waals surface area contributed by atoms with Crippen LogP contribution in [-0.4, -0.2) is 51.8 Å². The van der Waals surface area contributed by atoms with Crippen molar-refractivity contribution in [2.45, 2.75) is 17.4 Å². The predicted octanol–water partition coefficient (Wildman–Crippen LogP) is 1.69. The number of nitrogens with one attached hydrogen (secondary N) is 1. The van der Waals surface area contributed by atoms with Crippen LogP contribution < -0.4 is 15.0 Å². The largest absolute Gasteiger partial charge is 0.497 e. The minimum absolute atomic E-state index is 0.0183. The Morgan fingerprint density at radius 2 is 1.79 bits per heavy atom. The highest BCUT2D eigenvalue weighted by Crippen LogP contribution is 2.27. The van der Waals surface area contributed by atoms with E-state index in [1.807, 2.05) is 0 Å². The lowest BCUT2D eigenvalue weighted by molar-refractivity contribution is -0.121. The number of sulfonamides is 1. The number of nitrogens with zero attached hydrogens (tertiary/aromatic N) is 2. The van der Waals surface area contributed by atoms with Gasteiger partial charge in [-0.15, -0.1) is 0 Å². The summed E-state index contributed by atoms with van der Waals surface area (Å²) in [4.78, 5) is 26.4. The monoisotopic (exact) mass is 403 g/mol. The van der Waals surface area contributed by atoms with E-state index in [0.29, 0.717) is 17.1 Å². The van der Waals surface area contributed by atoms with E-state index >= 15 is 0 Å². The first-order chi connectivity index (χ1) is 13.2. The average molecular weight is 403 g/mol. The van der Waals surface area contributed by atoms with Crippen LogP contribution in [0.3, 0.4) is 0 Å². The smallest absolute Gasteiger partial charge is 0.256 e. The van der Waals surface area contributed by atoms with E-state index < -0.39 is 22.0 Å². The van der Waals surface area contributed by atoms with Crippen LogP contribution in [0.1, 0.15) is 6.42 Å². The first kappa shape index (κ1) is 19.8. The molecule has 9 heteroatoms. The number of hydrogen-bond donors (Lipinski definition) is 1. The number of anilines is 2. The van der Waals surface area contributed by atoms with Gasteiger partial charge in [0.2, 0.25) is 15.9 Å². The van der Waals surface area contributed by atoms with Crippen molar-refractivity contribution in [2.24, 2.45) is 0 Å². The van der Waals surface area contributed by atoms with Crippen molar-refractivity contribution in [2.75, 3.05) is 31.4 Å². The Labute approximate surface area is 163 Å². The fourth-order valence-corrected chi connectivity index (χ4v) is 3.85. The third kappa shape index (κ3) is 3.71. The summed E-state index contributed by atoms with van der Waals surface area (Å²) in [7, 11) is 0.826. The Morgan fingerprint density at radius 3 is 2.39 bits per heavy atom. The standard InChI is InChI=1S/C19H21N3O5S/c1-21(2)28(25,26)16-6-4-5-13(11-16)20-17-12-18(23)22(19(17)24)14-7-9-15(27-3)10-8-14/h4-11,17,20H,12H2,1-3H3/t17-/m0/s1. The lowest BCUT2D eigenvalue weighted by Gasteiger charge is -2.17. The molecule has 1 fully saturated rings. The number of imide groups is 1. The zero-order valence-corrected chi connectivity index (χ0v) is 16.6. The van der Waals surface area contributed by atoms with Crippen LogP contribution in [0.2, 0.25) is 0 Å². The minimum atomic E-state index is -3.60. The Hall–Kier alpha value is -2.91. The van der Waals surface area contributed by atoms with Gasteiger partial charge in [-0.1, -0.05) is 6.07 Å². The molecule has 1 atom stereocenters. The van der Waals surface area contributed by atoms with Crippen LogP contribution in [0.4, 0.5) is 11.4 Å². The molecule has 0 radical (unpaired) electrons. The predicted molar refractivity (Wildman–Crippen MR) is 105 cm³/mol. The van der Waals surface area contributed by atoms with Crippen molar-refractivity contribution in [1.29, 1.82) is 0 Å². The van der Waals surface area contributed by atoms with E-state index in [4.69, 9.17) is 4.74 Å². The molecule has 0 spiro atoms. The third-order valence-electron chi connectivity index (χ3n) is 4.43. The first-order valence-corrected chi connectivity index (χ1v) is 9.98. The Balaban J connectivity index is 1.81. The van der Waals surface area contributed by atoms with E-state index in [9.17, 15) is 18.0 Å². The quantitative estimate of drug-likeness (QED) is 0.738. The maximum Gasteiger partial charge on any atom is 0.256 e. The zero-order chi connectivity index (χ0) is 20.5. The number of methoxy groups -OCH3 is 1. The Morgan fingerprint density at radius 1 is 1.11 bits per heavy atom. The van der Waals surface area contributed by atoms with Crippen molar-refractivity contribution in [3.05, 3.63) is 48.5 Å². The topological polar surface area (TPSA) is 96.0 Å². The van der Waals surface area contributed by atoms with Crippen LogP contribution in [0, 0.1) is 0 Å². The van der Waals surface area contributed by atoms with Gasteiger partial charge in [0.25, 0.3) is 5.91 Å². The first-order valence-electron chi connectivity index (χ1n) is 8.54. The molecule has 28 heavy (non-hydrogen) atoms. The lowest BCUT2D eigenvalue weighted by Crippen LogP contribution is -2.34. The summed E-state index contributed by atoms with van der Waals surface area (Å²) in [5, 5.41) is 2.98. The van der Waals surface area contributed by atoms with Crippen molar-refractivity contribution < 1.29 is 22.7 Å². The molecule has 148 valence electrons. The fourth-order valence-electron chi connectivity index (χ4n) is 2.91. The molecule has 1 aliphatic heterocycles. The summed E-state index contributed by atoms with van der Waals surface area (Å²) in [5.74, 6) is -0.0998. The molecular weight excluding hydrogens is 382 g/mol. The van der Waals surface area contributed by atoms with Gasteiger partial charge in [0, 0.05) is 19.8 Å². The normalized spacial score (nSPS) is 17.3. The van der Waals surface area contributed by atoms with Crippen molar-refractivity contribution >= 4 is 33.2 Å². The summed E-state index contributed by atoms with van der Waals surface area (Å²) in [6.45, 7) is 0. The Bertz CT molecular complexity index is 1000. The molecule has 1 heterocycles. The molecule has 8 nitrogen and oxygen atoms in total. The Kier molecular flexibility index (Phi) is 5.39. The zero-order valence-electron chi connectivity index (χ0n) is 15.7. The summed E-state index contributed by atoms with van der Waals surface area (Å²) >= 11 is 0. The van der Waals surface area contributed by atoms with Crippen LogP contribution >= 0.6 is 0 Å². The molecule has 1 saturated heterocycles. The van der Waals surface area contributed by atoms with Gasteiger partial charge in [0.05, 0.1) is 24.1 Å². The van der Waals surface area contributed by atoms with E-state index in [0.717, 1.165) is 9.21 Å². The number of rotatable bonds is 6. The van der Waals surface area contributed by atoms with E-state index in [-0.39, 0.29) is 17.2 Å².